The van der Waals surface area contributed by atoms with E-state index in [9.17, 15) is 14.4 Å². The minimum absolute atomic E-state index is 0.135. The molecule has 0 saturated heterocycles. The fraction of sp³-hybridized carbons (Fsp3) is 0.549. The normalized spacial score (nSPS) is 13.2. The number of carbonyl (C=O) groups excluding carboxylic acids is 3. The van der Waals surface area contributed by atoms with E-state index in [4.69, 9.17) is 14.2 Å². The summed E-state index contributed by atoms with van der Waals surface area (Å²) in [5.74, 6) is -1.10. The molecule has 0 bridgehead atoms. The van der Waals surface area contributed by atoms with E-state index in [0.29, 0.717) is 19.3 Å². The van der Waals surface area contributed by atoms with Crippen molar-refractivity contribution in [2.45, 2.75) is 168 Å². The van der Waals surface area contributed by atoms with Gasteiger partial charge in [-0.3, -0.25) is 14.4 Å². The summed E-state index contributed by atoms with van der Waals surface area (Å²) in [6.45, 7) is 6.18. The monoisotopic (exact) mass is 787 g/mol. The lowest BCUT2D eigenvalue weighted by atomic mass is 10.1. The first-order valence-corrected chi connectivity index (χ1v) is 22.1. The predicted molar refractivity (Wildman–Crippen MR) is 242 cm³/mol. The molecule has 318 valence electrons. The van der Waals surface area contributed by atoms with Crippen LogP contribution >= 0.6 is 0 Å². The molecule has 0 fully saturated rings. The van der Waals surface area contributed by atoms with Crippen molar-refractivity contribution in [2.75, 3.05) is 13.2 Å². The summed E-state index contributed by atoms with van der Waals surface area (Å²) in [4.78, 5) is 37.6. The first-order valence-electron chi connectivity index (χ1n) is 22.1. The zero-order valence-electron chi connectivity index (χ0n) is 36.0. The van der Waals surface area contributed by atoms with Crippen LogP contribution in [0.2, 0.25) is 0 Å². The Morgan fingerprint density at radius 3 is 1.28 bits per heavy atom. The molecule has 0 rings (SSSR count). The first-order chi connectivity index (χ1) is 28.0. The van der Waals surface area contributed by atoms with Crippen LogP contribution in [-0.4, -0.2) is 37.2 Å². The maximum atomic E-state index is 12.7. The fourth-order valence-electron chi connectivity index (χ4n) is 5.18. The molecule has 0 N–H and O–H groups in total. The second-order valence-corrected chi connectivity index (χ2v) is 13.9. The van der Waals surface area contributed by atoms with Crippen molar-refractivity contribution in [3.63, 3.8) is 0 Å². The van der Waals surface area contributed by atoms with Crippen molar-refractivity contribution < 1.29 is 28.6 Å². The van der Waals surface area contributed by atoms with Gasteiger partial charge in [-0.25, -0.2) is 0 Å². The Labute approximate surface area is 348 Å². The van der Waals surface area contributed by atoms with Crippen LogP contribution in [0.15, 0.2) is 122 Å². The van der Waals surface area contributed by atoms with Crippen molar-refractivity contribution in [1.82, 2.24) is 0 Å². The van der Waals surface area contributed by atoms with E-state index in [2.05, 4.69) is 130 Å². The zero-order chi connectivity index (χ0) is 41.5. The largest absolute Gasteiger partial charge is 0.462 e. The molecule has 1 atom stereocenters. The minimum atomic E-state index is -0.839. The first kappa shape index (κ1) is 52.8. The van der Waals surface area contributed by atoms with Crippen molar-refractivity contribution in [3.05, 3.63) is 122 Å². The average Bonchev–Trinajstić information content (AvgIpc) is 3.21. The fourth-order valence-corrected chi connectivity index (χ4v) is 5.18. The van der Waals surface area contributed by atoms with Crippen LogP contribution in [0.3, 0.4) is 0 Å². The highest BCUT2D eigenvalue weighted by Crippen LogP contribution is 2.09. The summed E-state index contributed by atoms with van der Waals surface area (Å²) in [5, 5.41) is 0. The molecular formula is C51H78O6. The summed E-state index contributed by atoms with van der Waals surface area (Å²) in [7, 11) is 0. The molecule has 0 radical (unpaired) electrons. The van der Waals surface area contributed by atoms with Gasteiger partial charge >= 0.3 is 17.9 Å². The maximum absolute atomic E-state index is 12.7. The lowest BCUT2D eigenvalue weighted by Crippen LogP contribution is -2.30. The van der Waals surface area contributed by atoms with E-state index >= 15 is 0 Å². The van der Waals surface area contributed by atoms with Crippen LogP contribution in [0.4, 0.5) is 0 Å². The van der Waals surface area contributed by atoms with Crippen LogP contribution in [0, 0.1) is 0 Å². The van der Waals surface area contributed by atoms with Crippen LogP contribution in [0.25, 0.3) is 0 Å². The van der Waals surface area contributed by atoms with Gasteiger partial charge < -0.3 is 14.2 Å². The predicted octanol–water partition coefficient (Wildman–Crippen LogP) is 14.2. The van der Waals surface area contributed by atoms with Crippen LogP contribution in [-0.2, 0) is 28.6 Å². The van der Waals surface area contributed by atoms with Gasteiger partial charge in [-0.05, 0) is 103 Å². The molecule has 6 nitrogen and oxygen atoms in total. The molecule has 0 amide bonds. The molecule has 0 aromatic carbocycles. The Morgan fingerprint density at radius 2 is 0.772 bits per heavy atom. The number of carbonyl (C=O) groups is 3. The summed E-state index contributed by atoms with van der Waals surface area (Å²) in [5.41, 5.74) is 0. The minimum Gasteiger partial charge on any atom is -0.462 e. The van der Waals surface area contributed by atoms with E-state index in [1.54, 1.807) is 0 Å². The third kappa shape index (κ3) is 42.8. The molecule has 0 aromatic heterocycles. The van der Waals surface area contributed by atoms with Gasteiger partial charge in [-0.1, -0.05) is 162 Å². The zero-order valence-corrected chi connectivity index (χ0v) is 36.0. The molecular weight excluding hydrogens is 709 g/mol. The van der Waals surface area contributed by atoms with Crippen LogP contribution in [0.1, 0.15) is 162 Å². The van der Waals surface area contributed by atoms with E-state index in [-0.39, 0.29) is 44.0 Å². The average molecular weight is 787 g/mol. The third-order valence-electron chi connectivity index (χ3n) is 8.47. The Kier molecular flexibility index (Phi) is 41.3. The molecule has 0 aliphatic carbocycles. The number of ether oxygens (including phenoxy) is 3. The van der Waals surface area contributed by atoms with Gasteiger partial charge in [-0.15, -0.1) is 0 Å². The summed E-state index contributed by atoms with van der Waals surface area (Å²) >= 11 is 0. The molecule has 0 saturated carbocycles. The van der Waals surface area contributed by atoms with E-state index in [1.165, 1.54) is 12.8 Å². The van der Waals surface area contributed by atoms with E-state index in [0.717, 1.165) is 96.3 Å². The highest BCUT2D eigenvalue weighted by molar-refractivity contribution is 5.71. The number of esters is 3. The highest BCUT2D eigenvalue weighted by atomic mass is 16.6. The molecule has 0 aliphatic heterocycles. The van der Waals surface area contributed by atoms with E-state index < -0.39 is 6.10 Å². The quantitative estimate of drug-likeness (QED) is 0.0205. The van der Waals surface area contributed by atoms with Gasteiger partial charge in [0.1, 0.15) is 13.2 Å². The van der Waals surface area contributed by atoms with Gasteiger partial charge in [0.05, 0.1) is 0 Å². The summed E-state index contributed by atoms with van der Waals surface area (Å²) < 4.78 is 16.5. The van der Waals surface area contributed by atoms with Gasteiger partial charge in [0, 0.05) is 19.3 Å². The van der Waals surface area contributed by atoms with Crippen molar-refractivity contribution in [3.8, 4) is 0 Å². The van der Waals surface area contributed by atoms with Crippen molar-refractivity contribution in [1.29, 1.82) is 0 Å². The summed E-state index contributed by atoms with van der Waals surface area (Å²) in [6.07, 6.45) is 60.6. The number of unbranched alkanes of at least 4 members (excludes halogenated alkanes) is 7. The van der Waals surface area contributed by atoms with Crippen LogP contribution < -0.4 is 0 Å². The molecule has 1 unspecified atom stereocenters. The standard InChI is InChI=1S/C51H78O6/c1-4-7-10-13-16-19-22-24-25-26-27-30-32-35-38-41-44-50(53)56-47-48(46-55-49(52)43-40-37-34-31-28-21-18-15-12-9-6-3)57-51(54)45-42-39-36-33-29-23-20-17-14-11-8-5-2/h7-8,10-11,15-21,24-25,27-30,33,35,38,48H,4-6,9,12-14,22-23,26,31-32,34,36-37,39-47H2,1-3H3/b10-7-,11-8-,18-15-,19-16-,20-17-,25-24-,28-21-,30-27-,33-29-,38-35-. The number of hydrogen-bond donors (Lipinski definition) is 0. The number of rotatable bonds is 37. The molecule has 0 aromatic rings. The maximum Gasteiger partial charge on any atom is 0.306 e. The second kappa shape index (κ2) is 44.5. The molecule has 0 aliphatic rings. The number of hydrogen-bond acceptors (Lipinski definition) is 6. The van der Waals surface area contributed by atoms with Gasteiger partial charge in [0.2, 0.25) is 0 Å². The Bertz CT molecular complexity index is 1270. The number of allylic oxidation sites excluding steroid dienone is 20. The van der Waals surface area contributed by atoms with Gasteiger partial charge in [0.25, 0.3) is 0 Å². The molecule has 0 spiro atoms. The Balaban J connectivity index is 4.61. The smallest absolute Gasteiger partial charge is 0.306 e. The Hall–Kier alpha value is -4.19. The lowest BCUT2D eigenvalue weighted by Gasteiger charge is -2.18. The van der Waals surface area contributed by atoms with Gasteiger partial charge in [0.15, 0.2) is 6.10 Å². The Morgan fingerprint density at radius 1 is 0.386 bits per heavy atom. The summed E-state index contributed by atoms with van der Waals surface area (Å²) in [6, 6.07) is 0. The van der Waals surface area contributed by atoms with Crippen molar-refractivity contribution >= 4 is 17.9 Å². The highest BCUT2D eigenvalue weighted by Gasteiger charge is 2.19. The van der Waals surface area contributed by atoms with E-state index in [1.807, 2.05) is 12.2 Å². The van der Waals surface area contributed by atoms with Gasteiger partial charge in [-0.2, -0.15) is 0 Å². The van der Waals surface area contributed by atoms with Crippen LogP contribution in [0.5, 0.6) is 0 Å². The third-order valence-corrected chi connectivity index (χ3v) is 8.47. The molecule has 6 heteroatoms. The van der Waals surface area contributed by atoms with Crippen molar-refractivity contribution in [2.24, 2.45) is 0 Å². The topological polar surface area (TPSA) is 78.9 Å². The molecule has 57 heavy (non-hydrogen) atoms. The SMILES string of the molecule is CC/C=C\C/C=C\C/C=C\C/C=C\C/C=C\CCC(=O)OCC(COC(=O)CCCCC/C=C\C=C/CCCC)OC(=O)CCCC/C=C\C/C=C\C/C=C\CC. The second-order valence-electron chi connectivity index (χ2n) is 13.9. The lowest BCUT2D eigenvalue weighted by molar-refractivity contribution is -0.166. The molecule has 0 heterocycles.